The molecule has 0 bridgehead atoms. The first-order chi connectivity index (χ1) is 33.7. The number of aliphatic hydroxyl groups excluding tert-OH is 7. The zero-order valence-electron chi connectivity index (χ0n) is 44.8. The fraction of sp³-hybridized carbons (Fsp3) is 0.948. The number of nitrogens with one attached hydrogen (secondary N) is 1. The van der Waals surface area contributed by atoms with E-state index in [4.69, 9.17) is 9.47 Å². The molecule has 0 saturated carbocycles. The smallest absolute Gasteiger partial charge is 0.249 e. The van der Waals surface area contributed by atoms with Crippen molar-refractivity contribution in [2.75, 3.05) is 13.2 Å². The topological polar surface area (TPSA) is 189 Å². The molecule has 0 aliphatic carbocycles. The first-order valence-corrected chi connectivity index (χ1v) is 29.6. The first-order valence-electron chi connectivity index (χ1n) is 29.6. The van der Waals surface area contributed by atoms with Crippen molar-refractivity contribution in [3.05, 3.63) is 12.2 Å². The summed E-state index contributed by atoms with van der Waals surface area (Å²) in [5, 5.41) is 76.0. The minimum atomic E-state index is -1.66. The number of hydrogen-bond donors (Lipinski definition) is 8. The molecule has 9 unspecified atom stereocenters. The van der Waals surface area contributed by atoms with E-state index in [0.717, 1.165) is 38.5 Å². The fourth-order valence-corrected chi connectivity index (χ4v) is 9.73. The summed E-state index contributed by atoms with van der Waals surface area (Å²) in [6, 6.07) is -1.17. The summed E-state index contributed by atoms with van der Waals surface area (Å²) in [5.74, 6) is -0.710. The van der Waals surface area contributed by atoms with Crippen molar-refractivity contribution in [1.29, 1.82) is 0 Å². The van der Waals surface area contributed by atoms with Gasteiger partial charge in [0.15, 0.2) is 6.29 Å². The molecule has 11 heteroatoms. The Balaban J connectivity index is 2.21. The van der Waals surface area contributed by atoms with Gasteiger partial charge in [-0.15, -0.1) is 0 Å². The number of unbranched alkanes of at least 4 members (excludes halogenated alkanes) is 37. The van der Waals surface area contributed by atoms with Gasteiger partial charge in [0.1, 0.15) is 36.6 Å². The van der Waals surface area contributed by atoms with Crippen LogP contribution in [0.3, 0.4) is 0 Å². The number of carbonyl (C=O) groups is 1. The zero-order chi connectivity index (χ0) is 50.4. The van der Waals surface area contributed by atoms with Crippen LogP contribution >= 0.6 is 0 Å². The van der Waals surface area contributed by atoms with Gasteiger partial charge < -0.3 is 50.5 Å². The molecule has 1 rings (SSSR count). The monoisotopic (exact) mass is 984 g/mol. The van der Waals surface area contributed by atoms with Gasteiger partial charge in [0, 0.05) is 0 Å². The second kappa shape index (κ2) is 47.8. The second-order valence-corrected chi connectivity index (χ2v) is 21.1. The summed E-state index contributed by atoms with van der Waals surface area (Å²) in [4.78, 5) is 13.1. The van der Waals surface area contributed by atoms with Gasteiger partial charge >= 0.3 is 0 Å². The molecule has 9 atom stereocenters. The lowest BCUT2D eigenvalue weighted by Crippen LogP contribution is -2.60. The quantitative estimate of drug-likeness (QED) is 0.0215. The Bertz CT molecular complexity index is 1130. The number of carbonyl (C=O) groups excluding carboxylic acids is 1. The molecule has 0 aromatic heterocycles. The number of hydrogen-bond acceptors (Lipinski definition) is 10. The van der Waals surface area contributed by atoms with Crippen LogP contribution in [0.5, 0.6) is 0 Å². The average Bonchev–Trinajstić information content (AvgIpc) is 3.35. The highest BCUT2D eigenvalue weighted by molar-refractivity contribution is 5.80. The normalized spacial score (nSPS) is 20.4. The molecule has 0 aromatic rings. The molecular formula is C58H113NO10. The van der Waals surface area contributed by atoms with Crippen LogP contribution < -0.4 is 5.32 Å². The van der Waals surface area contributed by atoms with E-state index in [1.165, 1.54) is 205 Å². The maximum atomic E-state index is 13.1. The van der Waals surface area contributed by atoms with Gasteiger partial charge in [-0.1, -0.05) is 257 Å². The molecule has 1 amide bonds. The Hall–Kier alpha value is -1.15. The van der Waals surface area contributed by atoms with Crippen LogP contribution in [-0.4, -0.2) is 110 Å². The van der Waals surface area contributed by atoms with E-state index >= 15 is 0 Å². The molecule has 1 saturated heterocycles. The molecule has 0 radical (unpaired) electrons. The molecule has 1 aliphatic rings. The van der Waals surface area contributed by atoms with Crippen molar-refractivity contribution < 1.29 is 50.0 Å². The van der Waals surface area contributed by atoms with Crippen molar-refractivity contribution >= 4 is 5.91 Å². The lowest BCUT2D eigenvalue weighted by molar-refractivity contribution is -0.303. The Labute approximate surface area is 423 Å². The maximum Gasteiger partial charge on any atom is 0.249 e. The van der Waals surface area contributed by atoms with Crippen molar-refractivity contribution in [2.45, 2.75) is 339 Å². The zero-order valence-corrected chi connectivity index (χ0v) is 44.8. The van der Waals surface area contributed by atoms with Crippen LogP contribution in [0.15, 0.2) is 12.2 Å². The summed E-state index contributed by atoms with van der Waals surface area (Å²) in [6.45, 7) is 3.45. The Kier molecular flexibility index (Phi) is 45.7. The Morgan fingerprint density at radius 3 is 1.23 bits per heavy atom. The highest BCUT2D eigenvalue weighted by Gasteiger charge is 2.44. The van der Waals surface area contributed by atoms with Crippen molar-refractivity contribution in [1.82, 2.24) is 5.32 Å². The van der Waals surface area contributed by atoms with E-state index < -0.39 is 74.2 Å². The summed E-state index contributed by atoms with van der Waals surface area (Å²) >= 11 is 0. The van der Waals surface area contributed by atoms with Gasteiger partial charge in [-0.25, -0.2) is 0 Å². The number of ether oxygens (including phenoxy) is 2. The largest absolute Gasteiger partial charge is 0.394 e. The summed E-state index contributed by atoms with van der Waals surface area (Å²) in [7, 11) is 0. The molecule has 410 valence electrons. The van der Waals surface area contributed by atoms with Gasteiger partial charge in [-0.2, -0.15) is 0 Å². The van der Waals surface area contributed by atoms with Crippen LogP contribution in [0.2, 0.25) is 0 Å². The molecular weight excluding hydrogens is 871 g/mol. The molecule has 1 aliphatic heterocycles. The number of rotatable bonds is 51. The van der Waals surface area contributed by atoms with Crippen LogP contribution in [0, 0.1) is 0 Å². The molecule has 8 N–H and O–H groups in total. The van der Waals surface area contributed by atoms with E-state index in [2.05, 4.69) is 31.3 Å². The lowest BCUT2D eigenvalue weighted by atomic mass is 9.98. The Morgan fingerprint density at radius 1 is 0.493 bits per heavy atom. The highest BCUT2D eigenvalue weighted by Crippen LogP contribution is 2.24. The summed E-state index contributed by atoms with van der Waals surface area (Å²) in [5.41, 5.74) is 0. The van der Waals surface area contributed by atoms with Gasteiger partial charge in [-0.05, 0) is 38.5 Å². The van der Waals surface area contributed by atoms with E-state index in [0.29, 0.717) is 19.3 Å². The molecule has 69 heavy (non-hydrogen) atoms. The van der Waals surface area contributed by atoms with E-state index in [1.54, 1.807) is 0 Å². The number of amides is 1. The fourth-order valence-electron chi connectivity index (χ4n) is 9.73. The van der Waals surface area contributed by atoms with Gasteiger partial charge in [0.25, 0.3) is 0 Å². The second-order valence-electron chi connectivity index (χ2n) is 21.1. The molecule has 0 spiro atoms. The Morgan fingerprint density at radius 2 is 0.841 bits per heavy atom. The average molecular weight is 985 g/mol. The van der Waals surface area contributed by atoms with Crippen LogP contribution in [0.25, 0.3) is 0 Å². The lowest BCUT2D eigenvalue weighted by Gasteiger charge is -2.40. The third kappa shape index (κ3) is 36.4. The van der Waals surface area contributed by atoms with Crippen molar-refractivity contribution in [3.63, 3.8) is 0 Å². The molecule has 0 aromatic carbocycles. The predicted octanol–water partition coefficient (Wildman–Crippen LogP) is 12.4. The SMILES string of the molecule is CCCCCCCC/C=C\CCCCC(O)C(=O)NC(COC1OC(CO)C(O)C(O)C1O)C(O)C(O)CCCCCCCCCCCCCCCCCCCCCCCCCCCCCCCC. The third-order valence-electron chi connectivity index (χ3n) is 14.6. The third-order valence-corrected chi connectivity index (χ3v) is 14.6. The van der Waals surface area contributed by atoms with Crippen molar-refractivity contribution in [3.8, 4) is 0 Å². The maximum absolute atomic E-state index is 13.1. The van der Waals surface area contributed by atoms with Gasteiger partial charge in [0.2, 0.25) is 5.91 Å². The standard InChI is InChI=1S/C58H113NO10/c1-3-5-7-9-11-13-15-17-18-19-20-21-22-23-24-25-26-27-28-29-30-31-32-33-34-36-37-39-41-43-45-50(61)53(63)49(48-68-58-56(66)55(65)54(64)52(47-60)69-58)59-57(67)51(62)46-44-42-40-38-35-16-14-12-10-8-6-4-2/h35,38,49-56,58,60-66H,3-34,36-37,39-48H2,1-2H3,(H,59,67)/b38-35-. The predicted molar refractivity (Wildman–Crippen MR) is 284 cm³/mol. The number of aliphatic hydroxyl groups is 7. The first kappa shape index (κ1) is 65.9. The van der Waals surface area contributed by atoms with Crippen LogP contribution in [-0.2, 0) is 14.3 Å². The number of allylic oxidation sites excluding steroid dienone is 2. The minimum absolute atomic E-state index is 0.232. The summed E-state index contributed by atoms with van der Waals surface area (Å²) < 4.78 is 11.1. The van der Waals surface area contributed by atoms with Crippen molar-refractivity contribution in [2.24, 2.45) is 0 Å². The van der Waals surface area contributed by atoms with Crippen LogP contribution in [0.1, 0.15) is 284 Å². The molecule has 11 nitrogen and oxygen atoms in total. The highest BCUT2D eigenvalue weighted by atomic mass is 16.7. The van der Waals surface area contributed by atoms with Crippen LogP contribution in [0.4, 0.5) is 0 Å². The molecule has 1 fully saturated rings. The van der Waals surface area contributed by atoms with E-state index in [1.807, 2.05) is 0 Å². The summed E-state index contributed by atoms with van der Waals surface area (Å²) in [6.07, 6.45) is 44.4. The van der Waals surface area contributed by atoms with Gasteiger partial charge in [0.05, 0.1) is 25.4 Å². The minimum Gasteiger partial charge on any atom is -0.394 e. The van der Waals surface area contributed by atoms with E-state index in [-0.39, 0.29) is 6.42 Å². The van der Waals surface area contributed by atoms with Gasteiger partial charge in [-0.3, -0.25) is 4.79 Å². The molecule has 1 heterocycles. The van der Waals surface area contributed by atoms with E-state index in [9.17, 15) is 40.5 Å².